The van der Waals surface area contributed by atoms with Gasteiger partial charge in [0.25, 0.3) is 5.91 Å². The van der Waals surface area contributed by atoms with Gasteiger partial charge in [0.05, 0.1) is 25.8 Å². The number of amides is 3. The van der Waals surface area contributed by atoms with E-state index in [4.69, 9.17) is 16.2 Å². The standard InChI is InChI=1S/C18H26N4O5/c1-2-6-13(19)16(24)18(26)21-9-15(23)22-14(17(20)25)11-27-10-12-7-4-3-5-8-12/h3-5,7-8,13-14H,2,6,9-11,19H2,1H3,(H2,20,25)(H,21,26)(H,22,23). The highest BCUT2D eigenvalue weighted by molar-refractivity contribution is 6.38. The Bertz CT molecular complexity index is 650. The topological polar surface area (TPSA) is 154 Å². The van der Waals surface area contributed by atoms with E-state index in [0.29, 0.717) is 12.8 Å². The minimum Gasteiger partial charge on any atom is -0.374 e. The molecule has 0 aromatic heterocycles. The van der Waals surface area contributed by atoms with Crippen molar-refractivity contribution in [2.45, 2.75) is 38.5 Å². The zero-order chi connectivity index (χ0) is 20.2. The Kier molecular flexibility index (Phi) is 9.70. The van der Waals surface area contributed by atoms with Gasteiger partial charge in [-0.1, -0.05) is 43.7 Å². The fourth-order valence-corrected chi connectivity index (χ4v) is 2.17. The van der Waals surface area contributed by atoms with E-state index in [1.165, 1.54) is 0 Å². The molecule has 3 amide bonds. The third-order valence-electron chi connectivity index (χ3n) is 3.64. The third-order valence-corrected chi connectivity index (χ3v) is 3.64. The lowest BCUT2D eigenvalue weighted by molar-refractivity contribution is -0.139. The van der Waals surface area contributed by atoms with Gasteiger partial charge in [0, 0.05) is 0 Å². The van der Waals surface area contributed by atoms with Crippen molar-refractivity contribution in [1.82, 2.24) is 10.6 Å². The third kappa shape index (κ3) is 8.43. The molecule has 9 heteroatoms. The predicted molar refractivity (Wildman–Crippen MR) is 98.1 cm³/mol. The molecule has 1 rings (SSSR count). The Hall–Kier alpha value is -2.78. The fourth-order valence-electron chi connectivity index (χ4n) is 2.17. The van der Waals surface area contributed by atoms with Gasteiger partial charge < -0.3 is 26.8 Å². The van der Waals surface area contributed by atoms with E-state index >= 15 is 0 Å². The lowest BCUT2D eigenvalue weighted by Gasteiger charge is -2.16. The number of hydrogen-bond donors (Lipinski definition) is 4. The largest absolute Gasteiger partial charge is 0.374 e. The molecular weight excluding hydrogens is 352 g/mol. The summed E-state index contributed by atoms with van der Waals surface area (Å²) in [6, 6.07) is 7.31. The summed E-state index contributed by atoms with van der Waals surface area (Å²) in [5.74, 6) is -3.18. The SMILES string of the molecule is CCCC(N)C(=O)C(=O)NCC(=O)NC(COCc1ccccc1)C(N)=O. The molecule has 0 aliphatic carbocycles. The van der Waals surface area contributed by atoms with E-state index in [0.717, 1.165) is 5.56 Å². The second-order valence-corrected chi connectivity index (χ2v) is 5.97. The molecule has 148 valence electrons. The van der Waals surface area contributed by atoms with Crippen molar-refractivity contribution in [1.29, 1.82) is 0 Å². The first-order valence-electron chi connectivity index (χ1n) is 8.63. The smallest absolute Gasteiger partial charge is 0.289 e. The average Bonchev–Trinajstić information content (AvgIpc) is 2.65. The van der Waals surface area contributed by atoms with Crippen molar-refractivity contribution < 1.29 is 23.9 Å². The molecule has 0 radical (unpaired) electrons. The van der Waals surface area contributed by atoms with E-state index in [1.807, 2.05) is 37.3 Å². The molecule has 2 atom stereocenters. The van der Waals surface area contributed by atoms with Crippen LogP contribution in [0.5, 0.6) is 0 Å². The highest BCUT2D eigenvalue weighted by atomic mass is 16.5. The van der Waals surface area contributed by atoms with Gasteiger partial charge in [-0.3, -0.25) is 19.2 Å². The van der Waals surface area contributed by atoms with Crippen molar-refractivity contribution in [3.8, 4) is 0 Å². The highest BCUT2D eigenvalue weighted by Crippen LogP contribution is 2.01. The second-order valence-electron chi connectivity index (χ2n) is 5.97. The second kappa shape index (κ2) is 11.8. The highest BCUT2D eigenvalue weighted by Gasteiger charge is 2.23. The Morgan fingerprint density at radius 3 is 2.41 bits per heavy atom. The van der Waals surface area contributed by atoms with Crippen LogP contribution in [0.3, 0.4) is 0 Å². The minimum absolute atomic E-state index is 0.121. The predicted octanol–water partition coefficient (Wildman–Crippen LogP) is -1.01. The van der Waals surface area contributed by atoms with Gasteiger partial charge in [-0.05, 0) is 12.0 Å². The first-order valence-corrected chi connectivity index (χ1v) is 8.63. The number of ether oxygens (including phenoxy) is 1. The number of Topliss-reactive ketones (excluding diaryl/α,β-unsaturated/α-hetero) is 1. The van der Waals surface area contributed by atoms with E-state index in [2.05, 4.69) is 10.6 Å². The van der Waals surface area contributed by atoms with Crippen molar-refractivity contribution in [3.05, 3.63) is 35.9 Å². The van der Waals surface area contributed by atoms with Gasteiger partial charge in [0.2, 0.25) is 17.6 Å². The molecule has 0 bridgehead atoms. The Morgan fingerprint density at radius 1 is 1.15 bits per heavy atom. The molecule has 27 heavy (non-hydrogen) atoms. The number of benzene rings is 1. The van der Waals surface area contributed by atoms with Gasteiger partial charge in [0.1, 0.15) is 6.04 Å². The van der Waals surface area contributed by atoms with Crippen LogP contribution in [0.1, 0.15) is 25.3 Å². The van der Waals surface area contributed by atoms with Crippen molar-refractivity contribution in [2.75, 3.05) is 13.2 Å². The number of ketones is 1. The van der Waals surface area contributed by atoms with Crippen LogP contribution in [0.25, 0.3) is 0 Å². The number of carbonyl (C=O) groups is 4. The van der Waals surface area contributed by atoms with Crippen molar-refractivity contribution in [2.24, 2.45) is 11.5 Å². The van der Waals surface area contributed by atoms with E-state index < -0.39 is 42.1 Å². The van der Waals surface area contributed by atoms with E-state index in [-0.39, 0.29) is 13.2 Å². The quantitative estimate of drug-likeness (QED) is 0.342. The van der Waals surface area contributed by atoms with Crippen LogP contribution in [-0.4, -0.2) is 48.7 Å². The Labute approximate surface area is 157 Å². The molecule has 0 heterocycles. The van der Waals surface area contributed by atoms with Gasteiger partial charge in [-0.15, -0.1) is 0 Å². The van der Waals surface area contributed by atoms with Crippen LogP contribution < -0.4 is 22.1 Å². The molecular formula is C18H26N4O5. The number of carbonyl (C=O) groups excluding carboxylic acids is 4. The van der Waals surface area contributed by atoms with E-state index in [1.54, 1.807) is 0 Å². The zero-order valence-corrected chi connectivity index (χ0v) is 15.3. The molecule has 0 aliphatic rings. The molecule has 2 unspecified atom stereocenters. The molecule has 1 aromatic carbocycles. The van der Waals surface area contributed by atoms with Crippen LogP contribution in [-0.2, 0) is 30.5 Å². The first kappa shape index (κ1) is 22.3. The van der Waals surface area contributed by atoms with Crippen LogP contribution in [0.2, 0.25) is 0 Å². The summed E-state index contributed by atoms with van der Waals surface area (Å²) >= 11 is 0. The lowest BCUT2D eigenvalue weighted by atomic mass is 10.1. The first-order chi connectivity index (χ1) is 12.8. The van der Waals surface area contributed by atoms with Gasteiger partial charge >= 0.3 is 0 Å². The average molecular weight is 378 g/mol. The number of rotatable bonds is 12. The number of nitrogens with one attached hydrogen (secondary N) is 2. The normalized spacial score (nSPS) is 12.7. The molecule has 1 aromatic rings. The van der Waals surface area contributed by atoms with Crippen LogP contribution in [0, 0.1) is 0 Å². The zero-order valence-electron chi connectivity index (χ0n) is 15.3. The van der Waals surface area contributed by atoms with Gasteiger partial charge in [-0.25, -0.2) is 0 Å². The number of nitrogens with two attached hydrogens (primary N) is 2. The van der Waals surface area contributed by atoms with Crippen LogP contribution in [0.4, 0.5) is 0 Å². The maximum atomic E-state index is 11.9. The summed E-state index contributed by atoms with van der Waals surface area (Å²) < 4.78 is 5.39. The van der Waals surface area contributed by atoms with E-state index in [9.17, 15) is 19.2 Å². The minimum atomic E-state index is -1.06. The Balaban J connectivity index is 2.40. The lowest BCUT2D eigenvalue weighted by Crippen LogP contribution is -2.51. The molecule has 0 aliphatic heterocycles. The molecule has 0 fully saturated rings. The maximum absolute atomic E-state index is 11.9. The van der Waals surface area contributed by atoms with Crippen molar-refractivity contribution in [3.63, 3.8) is 0 Å². The maximum Gasteiger partial charge on any atom is 0.289 e. The van der Waals surface area contributed by atoms with Gasteiger partial charge in [0.15, 0.2) is 0 Å². The summed E-state index contributed by atoms with van der Waals surface area (Å²) in [6.45, 7) is 1.49. The van der Waals surface area contributed by atoms with Crippen LogP contribution in [0.15, 0.2) is 30.3 Å². The monoisotopic (exact) mass is 378 g/mol. The summed E-state index contributed by atoms with van der Waals surface area (Å²) in [5, 5.41) is 4.53. The summed E-state index contributed by atoms with van der Waals surface area (Å²) in [7, 11) is 0. The fraction of sp³-hybridized carbons (Fsp3) is 0.444. The van der Waals surface area contributed by atoms with Gasteiger partial charge in [-0.2, -0.15) is 0 Å². The molecule has 9 nitrogen and oxygen atoms in total. The molecule has 6 N–H and O–H groups in total. The number of primary amides is 1. The Morgan fingerprint density at radius 2 is 1.81 bits per heavy atom. The van der Waals surface area contributed by atoms with Crippen LogP contribution >= 0.6 is 0 Å². The number of hydrogen-bond acceptors (Lipinski definition) is 6. The molecule has 0 saturated carbocycles. The molecule has 0 saturated heterocycles. The summed E-state index contributed by atoms with van der Waals surface area (Å²) in [4.78, 5) is 46.7. The summed E-state index contributed by atoms with van der Waals surface area (Å²) in [5.41, 5.74) is 11.7. The van der Waals surface area contributed by atoms with Crippen molar-refractivity contribution >= 4 is 23.5 Å². The summed E-state index contributed by atoms with van der Waals surface area (Å²) in [6.07, 6.45) is 1.03. The molecule has 0 spiro atoms.